The molecule has 0 aliphatic carbocycles. The number of hydrogen-bond donors (Lipinski definition) is 2. The molecular formula is C17H13ClF3N3O4S. The van der Waals surface area contributed by atoms with Crippen molar-refractivity contribution >= 4 is 46.2 Å². The molecule has 7 nitrogen and oxygen atoms in total. The zero-order valence-electron chi connectivity index (χ0n) is 14.7. The molecule has 12 heteroatoms. The molecule has 0 unspecified atom stereocenters. The predicted molar refractivity (Wildman–Crippen MR) is 104 cm³/mol. The van der Waals surface area contributed by atoms with Gasteiger partial charge in [-0.15, -0.1) is 0 Å². The molecule has 2 N–H and O–H groups in total. The summed E-state index contributed by atoms with van der Waals surface area (Å²) in [5, 5.41) is 15.4. The highest BCUT2D eigenvalue weighted by Gasteiger charge is 2.31. The predicted octanol–water partition coefficient (Wildman–Crippen LogP) is 4.79. The second kappa shape index (κ2) is 9.05. The normalized spacial score (nSPS) is 10.9. The lowest BCUT2D eigenvalue weighted by Crippen LogP contribution is -2.34. The van der Waals surface area contributed by atoms with Gasteiger partial charge in [0.05, 0.1) is 27.8 Å². The van der Waals surface area contributed by atoms with Crippen molar-refractivity contribution in [1.82, 2.24) is 5.32 Å². The zero-order chi connectivity index (χ0) is 21.8. The lowest BCUT2D eigenvalue weighted by Gasteiger charge is -2.13. The number of nitro benzene ring substituents is 1. The van der Waals surface area contributed by atoms with Gasteiger partial charge in [0.1, 0.15) is 0 Å². The number of nitrogens with one attached hydrogen (secondary N) is 2. The van der Waals surface area contributed by atoms with Crippen molar-refractivity contribution in [1.29, 1.82) is 0 Å². The minimum Gasteiger partial charge on any atom is -0.487 e. The van der Waals surface area contributed by atoms with Crippen LogP contribution >= 0.6 is 23.8 Å². The Morgan fingerprint density at radius 2 is 1.97 bits per heavy atom. The van der Waals surface area contributed by atoms with Gasteiger partial charge in [-0.2, -0.15) is 13.2 Å². The highest BCUT2D eigenvalue weighted by atomic mass is 35.5. The van der Waals surface area contributed by atoms with E-state index in [1.807, 2.05) is 0 Å². The number of ether oxygens (including phenoxy) is 1. The monoisotopic (exact) mass is 447 g/mol. The van der Waals surface area contributed by atoms with E-state index in [4.69, 9.17) is 28.6 Å². The van der Waals surface area contributed by atoms with E-state index >= 15 is 0 Å². The Hall–Kier alpha value is -2.92. The first kappa shape index (κ1) is 22.4. The summed E-state index contributed by atoms with van der Waals surface area (Å²) < 4.78 is 43.1. The lowest BCUT2D eigenvalue weighted by atomic mass is 10.1. The van der Waals surface area contributed by atoms with Crippen molar-refractivity contribution in [2.24, 2.45) is 0 Å². The number of halogens is 4. The van der Waals surface area contributed by atoms with E-state index in [0.29, 0.717) is 6.07 Å². The van der Waals surface area contributed by atoms with Crippen molar-refractivity contribution in [2.45, 2.75) is 13.1 Å². The average Bonchev–Trinajstić information content (AvgIpc) is 2.62. The van der Waals surface area contributed by atoms with Gasteiger partial charge in [-0.05, 0) is 49.5 Å². The van der Waals surface area contributed by atoms with Crippen LogP contribution in [0.2, 0.25) is 5.02 Å². The van der Waals surface area contributed by atoms with Crippen molar-refractivity contribution in [2.75, 3.05) is 11.9 Å². The second-order valence-corrected chi connectivity index (χ2v) is 6.29. The van der Waals surface area contributed by atoms with Crippen LogP contribution in [0.15, 0.2) is 36.4 Å². The summed E-state index contributed by atoms with van der Waals surface area (Å²) in [5.41, 5.74) is -1.36. The Bertz CT molecular complexity index is 969. The molecule has 0 aliphatic heterocycles. The van der Waals surface area contributed by atoms with Gasteiger partial charge in [-0.25, -0.2) is 0 Å². The number of anilines is 1. The number of nitrogens with zero attached hydrogens (tertiary/aromatic N) is 1. The molecule has 0 aromatic heterocycles. The zero-order valence-corrected chi connectivity index (χ0v) is 16.2. The van der Waals surface area contributed by atoms with Gasteiger partial charge in [0.25, 0.3) is 5.91 Å². The summed E-state index contributed by atoms with van der Waals surface area (Å²) in [7, 11) is 0. The fourth-order valence-corrected chi connectivity index (χ4v) is 2.63. The van der Waals surface area contributed by atoms with Crippen LogP contribution in [0.1, 0.15) is 22.8 Å². The topological polar surface area (TPSA) is 93.5 Å². The van der Waals surface area contributed by atoms with E-state index in [1.54, 1.807) is 6.92 Å². The Labute approximate surface area is 172 Å². The van der Waals surface area contributed by atoms with Gasteiger partial charge in [0, 0.05) is 11.6 Å². The minimum atomic E-state index is -4.56. The van der Waals surface area contributed by atoms with Gasteiger partial charge in [-0.1, -0.05) is 11.6 Å². The second-order valence-electron chi connectivity index (χ2n) is 5.47. The standard InChI is InChI=1S/C17H13ClF3N3O4S/c1-2-28-14-6-3-9(7-13(14)24(26)27)15(25)23-16(29)22-12-5-4-10(8-11(12)18)17(19,20)21/h3-8H,2H2,1H3,(H2,22,23,25,29). The fourth-order valence-electron chi connectivity index (χ4n) is 2.20. The Morgan fingerprint density at radius 1 is 1.28 bits per heavy atom. The number of nitro groups is 1. The Balaban J connectivity index is 2.12. The number of carbonyl (C=O) groups excluding carboxylic acids is 1. The number of amides is 1. The van der Waals surface area contributed by atoms with Gasteiger partial charge < -0.3 is 10.1 Å². The molecule has 29 heavy (non-hydrogen) atoms. The number of benzene rings is 2. The first-order valence-corrected chi connectivity index (χ1v) is 8.72. The van der Waals surface area contributed by atoms with E-state index in [2.05, 4.69) is 10.6 Å². The quantitative estimate of drug-likeness (QED) is 0.389. The number of thiocarbonyl (C=S) groups is 1. The molecule has 0 fully saturated rings. The Kier molecular flexibility index (Phi) is 6.98. The molecule has 0 bridgehead atoms. The first-order chi connectivity index (χ1) is 13.5. The number of hydrogen-bond acceptors (Lipinski definition) is 5. The molecule has 0 radical (unpaired) electrons. The van der Waals surface area contributed by atoms with Gasteiger partial charge >= 0.3 is 11.9 Å². The highest BCUT2D eigenvalue weighted by Crippen LogP contribution is 2.33. The maximum absolute atomic E-state index is 12.7. The fraction of sp³-hybridized carbons (Fsp3) is 0.176. The van der Waals surface area contributed by atoms with Crippen LogP contribution in [-0.4, -0.2) is 22.5 Å². The third-order valence-electron chi connectivity index (χ3n) is 3.49. The van der Waals surface area contributed by atoms with Crippen LogP contribution in [0.5, 0.6) is 5.75 Å². The molecule has 0 atom stereocenters. The summed E-state index contributed by atoms with van der Waals surface area (Å²) in [5.74, 6) is -0.761. The van der Waals surface area contributed by atoms with Crippen LogP contribution in [-0.2, 0) is 6.18 Å². The maximum atomic E-state index is 12.7. The van der Waals surface area contributed by atoms with Crippen LogP contribution in [0, 0.1) is 10.1 Å². The van der Waals surface area contributed by atoms with Crippen LogP contribution in [0.25, 0.3) is 0 Å². The summed E-state index contributed by atoms with van der Waals surface area (Å²) in [6, 6.07) is 6.18. The van der Waals surface area contributed by atoms with Crippen molar-refractivity contribution < 1.29 is 27.6 Å². The van der Waals surface area contributed by atoms with Crippen LogP contribution < -0.4 is 15.4 Å². The molecule has 2 aromatic carbocycles. The summed E-state index contributed by atoms with van der Waals surface area (Å²) >= 11 is 10.8. The maximum Gasteiger partial charge on any atom is 0.416 e. The number of carbonyl (C=O) groups is 1. The molecule has 2 aromatic rings. The summed E-state index contributed by atoms with van der Waals surface area (Å²) in [6.45, 7) is 1.86. The van der Waals surface area contributed by atoms with Crippen LogP contribution in [0.4, 0.5) is 24.5 Å². The molecule has 0 saturated heterocycles. The van der Waals surface area contributed by atoms with Crippen molar-refractivity contribution in [3.05, 3.63) is 62.7 Å². The van der Waals surface area contributed by atoms with Crippen molar-refractivity contribution in [3.8, 4) is 5.75 Å². The molecule has 0 saturated carbocycles. The van der Waals surface area contributed by atoms with E-state index < -0.39 is 28.3 Å². The third kappa shape index (κ3) is 5.78. The van der Waals surface area contributed by atoms with E-state index in [0.717, 1.165) is 18.2 Å². The minimum absolute atomic E-state index is 0.00582. The molecular weight excluding hydrogens is 435 g/mol. The molecule has 1 amide bonds. The number of rotatable bonds is 5. The molecule has 2 rings (SSSR count). The first-order valence-electron chi connectivity index (χ1n) is 7.93. The number of alkyl halides is 3. The molecule has 0 heterocycles. The van der Waals surface area contributed by atoms with Crippen LogP contribution in [0.3, 0.4) is 0 Å². The summed E-state index contributed by atoms with van der Waals surface area (Å²) in [6.07, 6.45) is -4.56. The smallest absolute Gasteiger partial charge is 0.416 e. The lowest BCUT2D eigenvalue weighted by molar-refractivity contribution is -0.385. The van der Waals surface area contributed by atoms with E-state index in [9.17, 15) is 28.1 Å². The Morgan fingerprint density at radius 3 is 2.52 bits per heavy atom. The van der Waals surface area contributed by atoms with Gasteiger partial charge in [0.2, 0.25) is 0 Å². The highest BCUT2D eigenvalue weighted by molar-refractivity contribution is 7.80. The SMILES string of the molecule is CCOc1ccc(C(=O)NC(=S)Nc2ccc(C(F)(F)F)cc2Cl)cc1[N+](=O)[O-]. The molecule has 0 spiro atoms. The molecule has 0 aliphatic rings. The van der Waals surface area contributed by atoms with E-state index in [1.165, 1.54) is 12.1 Å². The largest absolute Gasteiger partial charge is 0.487 e. The molecule has 154 valence electrons. The summed E-state index contributed by atoms with van der Waals surface area (Å²) in [4.78, 5) is 22.7. The van der Waals surface area contributed by atoms with Gasteiger partial charge in [-0.3, -0.25) is 20.2 Å². The van der Waals surface area contributed by atoms with E-state index in [-0.39, 0.29) is 33.7 Å². The third-order valence-corrected chi connectivity index (χ3v) is 4.01. The van der Waals surface area contributed by atoms with Crippen molar-refractivity contribution in [3.63, 3.8) is 0 Å². The van der Waals surface area contributed by atoms with Gasteiger partial charge in [0.15, 0.2) is 10.9 Å². The average molecular weight is 448 g/mol.